The van der Waals surface area contributed by atoms with E-state index >= 15 is 0 Å². The molecule has 0 saturated carbocycles. The van der Waals surface area contributed by atoms with E-state index in [-0.39, 0.29) is 0 Å². The second kappa shape index (κ2) is 27.0. The highest BCUT2D eigenvalue weighted by atomic mass is 32.1. The van der Waals surface area contributed by atoms with Crippen LogP contribution in [0.15, 0.2) is 310 Å². The maximum absolute atomic E-state index is 9.19. The molecular formula is C87H51N9S3. The Labute approximate surface area is 582 Å². The van der Waals surface area contributed by atoms with Crippen LogP contribution in [0, 0.1) is 34.0 Å². The highest BCUT2D eigenvalue weighted by Gasteiger charge is 2.15. The van der Waals surface area contributed by atoms with Crippen molar-refractivity contribution in [2.45, 2.75) is 0 Å². The third-order valence-corrected chi connectivity index (χ3v) is 20.9. The van der Waals surface area contributed by atoms with Crippen LogP contribution in [0.5, 0.6) is 0 Å². The number of hydrogen-bond acceptors (Lipinski definition) is 12. The van der Waals surface area contributed by atoms with Gasteiger partial charge in [0, 0.05) is 119 Å². The lowest BCUT2D eigenvalue weighted by Crippen LogP contribution is -1.89. The molecule has 99 heavy (non-hydrogen) atoms. The maximum atomic E-state index is 9.19. The van der Waals surface area contributed by atoms with Crippen LogP contribution in [0.2, 0.25) is 0 Å². The third-order valence-electron chi connectivity index (χ3n) is 17.4. The molecule has 0 N–H and O–H groups in total. The van der Waals surface area contributed by atoms with Gasteiger partial charge in [0.25, 0.3) is 0 Å². The van der Waals surface area contributed by atoms with Crippen LogP contribution in [0.1, 0.15) is 16.8 Å². The van der Waals surface area contributed by atoms with Crippen molar-refractivity contribution < 1.29 is 0 Å². The van der Waals surface area contributed by atoms with Gasteiger partial charge in [-0.1, -0.05) is 146 Å². The van der Waals surface area contributed by atoms with Gasteiger partial charge in [0.2, 0.25) is 0 Å². The number of rotatable bonds is 9. The van der Waals surface area contributed by atoms with Crippen LogP contribution in [-0.2, 0) is 0 Å². The van der Waals surface area contributed by atoms with Crippen molar-refractivity contribution in [2.75, 3.05) is 0 Å². The summed E-state index contributed by atoms with van der Waals surface area (Å²) < 4.78 is 7.66. The normalized spacial score (nSPS) is 11.0. The zero-order valence-electron chi connectivity index (χ0n) is 52.7. The van der Waals surface area contributed by atoms with Gasteiger partial charge in [-0.25, -0.2) is 15.0 Å². The molecule has 0 spiro atoms. The fourth-order valence-electron chi connectivity index (χ4n) is 12.4. The van der Waals surface area contributed by atoms with Crippen molar-refractivity contribution in [3.05, 3.63) is 327 Å². The summed E-state index contributed by atoms with van der Waals surface area (Å²) in [6.07, 6.45) is 8.47. The average molecular weight is 1320 g/mol. The summed E-state index contributed by atoms with van der Waals surface area (Å²) in [7, 11) is 0. The lowest BCUT2D eigenvalue weighted by atomic mass is 10.0. The van der Waals surface area contributed by atoms with Crippen LogP contribution in [0.4, 0.5) is 0 Å². The zero-order chi connectivity index (χ0) is 66.6. The summed E-state index contributed by atoms with van der Waals surface area (Å²) in [5.74, 6) is 0. The second-order valence-corrected chi connectivity index (χ2v) is 26.8. The van der Waals surface area contributed by atoms with Crippen molar-refractivity contribution in [1.29, 1.82) is 15.8 Å². The summed E-state index contributed by atoms with van der Waals surface area (Å²) in [5, 5.41) is 35.0. The first-order chi connectivity index (χ1) is 48.8. The molecule has 0 aliphatic heterocycles. The van der Waals surface area contributed by atoms with E-state index in [1.54, 1.807) is 43.0 Å². The fourth-order valence-corrected chi connectivity index (χ4v) is 15.6. The number of nitriles is 3. The molecular weight excluding hydrogens is 1270 g/mol. The molecule has 462 valence electrons. The number of benzene rings is 9. The monoisotopic (exact) mass is 1320 g/mol. The van der Waals surface area contributed by atoms with Gasteiger partial charge in [-0.15, -0.1) is 34.0 Å². The first-order valence-electron chi connectivity index (χ1n) is 31.9. The quantitative estimate of drug-likeness (QED) is 0.138. The van der Waals surface area contributed by atoms with Gasteiger partial charge in [-0.05, 0) is 172 Å². The van der Waals surface area contributed by atoms with E-state index < -0.39 is 0 Å². The first-order valence-corrected chi connectivity index (χ1v) is 34.4. The van der Waals surface area contributed by atoms with Gasteiger partial charge >= 0.3 is 0 Å². The molecule has 0 radical (unpaired) electrons. The summed E-state index contributed by atoms with van der Waals surface area (Å²) in [6, 6.07) is 103. The standard InChI is InChI=1S/3C29H17N3S/c30-16-19-13-23(18-31-17-19)27-8-4-7-26(32-27)22-10-12-29-25(15-22)24-14-21(9-11-28(24)33-29)20-5-2-1-3-6-20;30-18-23-15-22(13-14-31-23)27-8-4-7-26(32-27)21-10-12-29-25(17-21)24-16-20(9-11-28(24)33-29)19-5-2-1-3-6-19;30-17-19-12-13-31-27(14-19)26-9-6-23(18-32-26)22-8-11-29-25(16-22)24-15-21(7-10-28(24)33-29)20-4-2-1-3-5-20/h1-15,17-18H;1-17H;1-16,18H. The summed E-state index contributed by atoms with van der Waals surface area (Å²) in [5.41, 5.74) is 19.8. The SMILES string of the molecule is N#Cc1cc(-c2cccc(-c3ccc4sc5ccc(-c6ccccc6)cc5c4c3)n2)ccn1.N#Cc1ccnc(-c2ccc(-c3ccc4sc5ccc(-c6ccccc6)cc5c4c3)cn2)c1.N#Cc1cncc(-c2cccc(-c3ccc4sc5ccc(-c6ccccc6)cc5c4c3)n2)c1. The van der Waals surface area contributed by atoms with Crippen LogP contribution >= 0.6 is 34.0 Å². The number of pyridine rings is 6. The number of hydrogen-bond donors (Lipinski definition) is 0. The molecule has 9 aromatic heterocycles. The highest BCUT2D eigenvalue weighted by Crippen LogP contribution is 2.42. The number of nitrogens with zero attached hydrogens (tertiary/aromatic N) is 9. The number of aromatic nitrogens is 6. The number of fused-ring (bicyclic) bond motifs is 9. The molecule has 9 aromatic carbocycles. The third kappa shape index (κ3) is 12.7. The minimum absolute atomic E-state index is 0.389. The fraction of sp³-hybridized carbons (Fsp3) is 0. The molecule has 18 rings (SSSR count). The molecule has 0 fully saturated rings. The highest BCUT2D eigenvalue weighted by molar-refractivity contribution is 7.26. The Kier molecular flexibility index (Phi) is 16.6. The molecule has 12 heteroatoms. The van der Waals surface area contributed by atoms with Crippen LogP contribution in [0.25, 0.3) is 161 Å². The zero-order valence-corrected chi connectivity index (χ0v) is 55.1. The Morgan fingerprint density at radius 3 is 1.05 bits per heavy atom. The van der Waals surface area contributed by atoms with Gasteiger partial charge in [0.1, 0.15) is 17.8 Å². The van der Waals surface area contributed by atoms with E-state index in [0.717, 1.165) is 61.9 Å². The van der Waals surface area contributed by atoms with E-state index in [2.05, 4.69) is 226 Å². The first kappa shape index (κ1) is 60.9. The lowest BCUT2D eigenvalue weighted by molar-refractivity contribution is 1.24. The average Bonchev–Trinajstić information content (AvgIpc) is 1.68. The van der Waals surface area contributed by atoms with Crippen LogP contribution < -0.4 is 0 Å². The van der Waals surface area contributed by atoms with Crippen LogP contribution in [0.3, 0.4) is 0 Å². The molecule has 0 amide bonds. The van der Waals surface area contributed by atoms with E-state index in [1.165, 1.54) is 93.9 Å². The molecule has 0 aliphatic rings. The Morgan fingerprint density at radius 1 is 0.232 bits per heavy atom. The predicted molar refractivity (Wildman–Crippen MR) is 408 cm³/mol. The molecule has 0 aliphatic carbocycles. The smallest absolute Gasteiger partial charge is 0.141 e. The van der Waals surface area contributed by atoms with E-state index in [0.29, 0.717) is 22.5 Å². The van der Waals surface area contributed by atoms with E-state index in [9.17, 15) is 5.26 Å². The Bertz CT molecular complexity index is 5970. The minimum Gasteiger partial charge on any atom is -0.263 e. The summed E-state index contributed by atoms with van der Waals surface area (Å²) >= 11 is 5.45. The largest absolute Gasteiger partial charge is 0.263 e. The van der Waals surface area contributed by atoms with E-state index in [4.69, 9.17) is 20.5 Å². The molecule has 0 bridgehead atoms. The van der Waals surface area contributed by atoms with Crippen LogP contribution in [-0.4, -0.2) is 29.9 Å². The lowest BCUT2D eigenvalue weighted by Gasteiger charge is -2.06. The molecule has 0 atom stereocenters. The van der Waals surface area contributed by atoms with Gasteiger partial charge in [0.05, 0.1) is 51.4 Å². The van der Waals surface area contributed by atoms with Gasteiger partial charge in [-0.2, -0.15) is 15.8 Å². The second-order valence-electron chi connectivity index (χ2n) is 23.6. The molecule has 0 unspecified atom stereocenters. The topological polar surface area (TPSA) is 149 Å². The molecule has 0 saturated heterocycles. The Morgan fingerprint density at radius 2 is 0.626 bits per heavy atom. The van der Waals surface area contributed by atoms with Gasteiger partial charge in [-0.3, -0.25) is 15.0 Å². The summed E-state index contributed by atoms with van der Waals surface area (Å²) in [6.45, 7) is 0. The van der Waals surface area contributed by atoms with Gasteiger partial charge in [0.15, 0.2) is 0 Å². The Balaban J connectivity index is 0.000000116. The van der Waals surface area contributed by atoms with Crippen molar-refractivity contribution in [3.8, 4) is 119 Å². The minimum atomic E-state index is 0.389. The maximum Gasteiger partial charge on any atom is 0.141 e. The van der Waals surface area contributed by atoms with Crippen molar-refractivity contribution in [3.63, 3.8) is 0 Å². The molecule has 9 heterocycles. The molecule has 18 aromatic rings. The summed E-state index contributed by atoms with van der Waals surface area (Å²) in [4.78, 5) is 27.0. The van der Waals surface area contributed by atoms with E-state index in [1.807, 2.05) is 113 Å². The number of thiophene rings is 3. The molecule has 9 nitrogen and oxygen atoms in total. The van der Waals surface area contributed by atoms with Crippen molar-refractivity contribution in [1.82, 2.24) is 29.9 Å². The Hall–Kier alpha value is -13.0. The van der Waals surface area contributed by atoms with Crippen molar-refractivity contribution >= 4 is 94.5 Å². The van der Waals surface area contributed by atoms with Crippen molar-refractivity contribution in [2.24, 2.45) is 0 Å². The van der Waals surface area contributed by atoms with Gasteiger partial charge < -0.3 is 0 Å². The predicted octanol–water partition coefficient (Wildman–Crippen LogP) is 23.2.